The van der Waals surface area contributed by atoms with Crippen molar-refractivity contribution in [1.82, 2.24) is 20.0 Å². The Hall–Kier alpha value is -3.92. The summed E-state index contributed by atoms with van der Waals surface area (Å²) < 4.78 is 47.5. The first-order valence-corrected chi connectivity index (χ1v) is 14.8. The highest BCUT2D eigenvalue weighted by Crippen LogP contribution is 2.52. The molecule has 2 saturated heterocycles. The molecule has 3 fully saturated rings. The van der Waals surface area contributed by atoms with E-state index in [4.69, 9.17) is 9.84 Å². The molecule has 1 aromatic heterocycles. The summed E-state index contributed by atoms with van der Waals surface area (Å²) in [6, 6.07) is 4.49. The highest BCUT2D eigenvalue weighted by Gasteiger charge is 2.52. The smallest absolute Gasteiger partial charge is 0.381 e. The summed E-state index contributed by atoms with van der Waals surface area (Å²) in [6.07, 6.45) is -0.573. The van der Waals surface area contributed by atoms with Crippen molar-refractivity contribution in [2.75, 3.05) is 31.2 Å². The topological polar surface area (TPSA) is 121 Å². The number of likely N-dealkylation sites (tertiary alicyclic amines) is 1. The zero-order valence-electron chi connectivity index (χ0n) is 23.8. The van der Waals surface area contributed by atoms with E-state index in [0.29, 0.717) is 56.8 Å². The van der Waals surface area contributed by atoms with Crippen LogP contribution in [0.2, 0.25) is 0 Å². The van der Waals surface area contributed by atoms with Gasteiger partial charge in [0, 0.05) is 43.3 Å². The van der Waals surface area contributed by atoms with E-state index in [1.807, 2.05) is 0 Å². The number of benzene rings is 1. The van der Waals surface area contributed by atoms with Crippen molar-refractivity contribution < 1.29 is 32.3 Å². The van der Waals surface area contributed by atoms with Crippen molar-refractivity contribution in [3.05, 3.63) is 46.6 Å². The number of nitrogens with one attached hydrogen (secondary N) is 1. The minimum absolute atomic E-state index is 0.0299. The van der Waals surface area contributed by atoms with Crippen LogP contribution in [0.1, 0.15) is 89.4 Å². The van der Waals surface area contributed by atoms with E-state index < -0.39 is 41.6 Å². The van der Waals surface area contributed by atoms with Gasteiger partial charge in [0.15, 0.2) is 5.69 Å². The Morgan fingerprint density at radius 3 is 2.56 bits per heavy atom. The quantitative estimate of drug-likeness (QED) is 0.536. The van der Waals surface area contributed by atoms with Crippen LogP contribution in [0.3, 0.4) is 0 Å². The van der Waals surface area contributed by atoms with Crippen LogP contribution in [-0.4, -0.2) is 70.8 Å². The number of aromatic nitrogens is 2. The minimum atomic E-state index is -4.63. The first-order chi connectivity index (χ1) is 20.6. The van der Waals surface area contributed by atoms with E-state index in [1.54, 1.807) is 11.6 Å². The Labute approximate surface area is 246 Å². The molecule has 13 heteroatoms. The Balaban J connectivity index is 1.45. The molecule has 6 rings (SSSR count). The minimum Gasteiger partial charge on any atom is -0.381 e. The maximum atomic E-state index is 14.2. The molecule has 10 nitrogen and oxygen atoms in total. The van der Waals surface area contributed by atoms with Gasteiger partial charge in [-0.3, -0.25) is 19.3 Å². The molecule has 2 aromatic rings. The van der Waals surface area contributed by atoms with E-state index >= 15 is 0 Å². The normalized spacial score (nSPS) is 24.5. The van der Waals surface area contributed by atoms with Crippen LogP contribution in [0.5, 0.6) is 0 Å². The van der Waals surface area contributed by atoms with Gasteiger partial charge in [0.1, 0.15) is 17.9 Å². The van der Waals surface area contributed by atoms with Crippen molar-refractivity contribution in [1.29, 1.82) is 5.26 Å². The van der Waals surface area contributed by atoms with Crippen LogP contribution in [0, 0.1) is 17.2 Å². The number of hydrogen-bond acceptors (Lipinski definition) is 6. The molecule has 1 N–H and O–H groups in total. The van der Waals surface area contributed by atoms with Crippen LogP contribution >= 0.6 is 0 Å². The third-order valence-electron chi connectivity index (χ3n) is 8.99. The lowest BCUT2D eigenvalue weighted by Gasteiger charge is -2.39. The van der Waals surface area contributed by atoms with Gasteiger partial charge in [0.2, 0.25) is 0 Å². The summed E-state index contributed by atoms with van der Waals surface area (Å²) in [5, 5.41) is 17.3. The Kier molecular flexibility index (Phi) is 7.66. The molecule has 1 aliphatic carbocycles. The Morgan fingerprint density at radius 1 is 1.16 bits per heavy atom. The number of fused-ring (bicyclic) bond motifs is 1. The molecule has 0 bridgehead atoms. The van der Waals surface area contributed by atoms with Gasteiger partial charge in [0.25, 0.3) is 17.7 Å². The molecule has 0 spiro atoms. The SMILES string of the molecule is CCN1C(=O)[C@@H](NC(=O)c2cccc(C(F)(F)F)c2)C(C2CC2)c2c(C(=O)N3CCC[C@@H]3C#N)nn(C3CCOCC3)c21. The molecular weight excluding hydrogens is 565 g/mol. The fourth-order valence-electron chi connectivity index (χ4n) is 6.71. The van der Waals surface area contributed by atoms with Crippen LogP contribution < -0.4 is 10.2 Å². The van der Waals surface area contributed by atoms with Gasteiger partial charge in [-0.15, -0.1) is 0 Å². The highest BCUT2D eigenvalue weighted by molar-refractivity contribution is 6.07. The third kappa shape index (κ3) is 5.26. The average Bonchev–Trinajstić information content (AvgIpc) is 3.59. The molecule has 4 aliphatic rings. The van der Waals surface area contributed by atoms with Gasteiger partial charge < -0.3 is 15.0 Å². The van der Waals surface area contributed by atoms with E-state index in [0.717, 1.165) is 31.0 Å². The van der Waals surface area contributed by atoms with Gasteiger partial charge >= 0.3 is 6.18 Å². The first-order valence-electron chi connectivity index (χ1n) is 14.8. The molecule has 3 atom stereocenters. The fraction of sp³-hybridized carbons (Fsp3) is 0.567. The Morgan fingerprint density at radius 2 is 1.91 bits per heavy atom. The van der Waals surface area contributed by atoms with Gasteiger partial charge in [-0.2, -0.15) is 23.5 Å². The molecule has 43 heavy (non-hydrogen) atoms. The van der Waals surface area contributed by atoms with Crippen molar-refractivity contribution in [3.63, 3.8) is 0 Å². The number of amides is 3. The maximum Gasteiger partial charge on any atom is 0.416 e. The maximum absolute atomic E-state index is 14.2. The predicted molar refractivity (Wildman–Crippen MR) is 147 cm³/mol. The predicted octanol–water partition coefficient (Wildman–Crippen LogP) is 4.04. The van der Waals surface area contributed by atoms with Crippen molar-refractivity contribution >= 4 is 23.5 Å². The molecule has 3 amide bonds. The van der Waals surface area contributed by atoms with E-state index in [9.17, 15) is 32.8 Å². The molecule has 1 unspecified atom stereocenters. The van der Waals surface area contributed by atoms with E-state index in [2.05, 4.69) is 11.4 Å². The third-order valence-corrected chi connectivity index (χ3v) is 8.99. The van der Waals surface area contributed by atoms with Crippen LogP contribution in [0.15, 0.2) is 24.3 Å². The number of rotatable bonds is 6. The number of carbonyl (C=O) groups is 3. The van der Waals surface area contributed by atoms with Gasteiger partial charge in [-0.25, -0.2) is 4.68 Å². The summed E-state index contributed by atoms with van der Waals surface area (Å²) >= 11 is 0. The van der Waals surface area contributed by atoms with Gasteiger partial charge in [-0.05, 0) is 69.6 Å². The standard InChI is InChI=1S/C30H33F3N6O4/c1-2-37-27-23(25(29(42)38-12-4-7-21(38)16-34)36-39(27)20-10-13-43-14-11-20)22(17-8-9-17)24(28(37)41)35-26(40)18-5-3-6-19(15-18)30(31,32)33/h3,5-6,15,17,20-22,24H,2,4,7-14H2,1H3,(H,35,40)/t21-,22?,24+/m1/s1. The molecular formula is C30H33F3N6O4. The lowest BCUT2D eigenvalue weighted by Crippen LogP contribution is -2.56. The number of nitrogens with zero attached hydrogens (tertiary/aromatic N) is 5. The second kappa shape index (κ2) is 11.3. The van der Waals surface area contributed by atoms with Crippen LogP contribution in [0.25, 0.3) is 0 Å². The largest absolute Gasteiger partial charge is 0.416 e. The summed E-state index contributed by atoms with van der Waals surface area (Å²) in [5.74, 6) is -1.69. The summed E-state index contributed by atoms with van der Waals surface area (Å²) in [5.41, 5.74) is -0.438. The van der Waals surface area contributed by atoms with Crippen LogP contribution in [-0.2, 0) is 15.7 Å². The number of carbonyl (C=O) groups excluding carboxylic acids is 3. The number of ether oxygens (including phenoxy) is 1. The number of alkyl halides is 3. The lowest BCUT2D eigenvalue weighted by atomic mass is 9.82. The van der Waals surface area contributed by atoms with Crippen molar-refractivity contribution in [2.45, 2.75) is 75.7 Å². The highest BCUT2D eigenvalue weighted by atomic mass is 19.4. The number of likely N-dealkylation sites (N-methyl/N-ethyl adjacent to an activating group) is 1. The summed E-state index contributed by atoms with van der Waals surface area (Å²) in [4.78, 5) is 44.7. The molecule has 1 aromatic carbocycles. The number of hydrogen-bond donors (Lipinski definition) is 1. The van der Waals surface area contributed by atoms with Crippen LogP contribution in [0.4, 0.5) is 19.0 Å². The zero-order chi connectivity index (χ0) is 30.5. The number of anilines is 1. The molecule has 228 valence electrons. The van der Waals surface area contributed by atoms with Gasteiger partial charge in [-0.1, -0.05) is 6.07 Å². The first kappa shape index (κ1) is 29.2. The average molecular weight is 599 g/mol. The zero-order valence-corrected chi connectivity index (χ0v) is 23.8. The second-order valence-corrected chi connectivity index (χ2v) is 11.6. The molecule has 0 radical (unpaired) electrons. The molecule has 1 saturated carbocycles. The monoisotopic (exact) mass is 598 g/mol. The van der Waals surface area contributed by atoms with E-state index in [-0.39, 0.29) is 35.7 Å². The lowest BCUT2D eigenvalue weighted by molar-refractivity contribution is -0.137. The summed E-state index contributed by atoms with van der Waals surface area (Å²) in [7, 11) is 0. The molecule has 3 aliphatic heterocycles. The number of halogens is 3. The number of nitriles is 1. The summed E-state index contributed by atoms with van der Waals surface area (Å²) in [6.45, 7) is 3.45. The van der Waals surface area contributed by atoms with Crippen molar-refractivity contribution in [3.8, 4) is 6.07 Å². The van der Waals surface area contributed by atoms with E-state index in [1.165, 1.54) is 15.9 Å². The van der Waals surface area contributed by atoms with Gasteiger partial charge in [0.05, 0.1) is 17.7 Å². The van der Waals surface area contributed by atoms with Crippen molar-refractivity contribution in [2.24, 2.45) is 5.92 Å². The Bertz CT molecular complexity index is 1470. The second-order valence-electron chi connectivity index (χ2n) is 11.6. The molecule has 4 heterocycles. The fourth-order valence-corrected chi connectivity index (χ4v) is 6.71.